The molecule has 0 aliphatic rings. The first-order valence-corrected chi connectivity index (χ1v) is 13.2. The quantitative estimate of drug-likeness (QED) is 0.233. The third-order valence-corrected chi connectivity index (χ3v) is 6.65. The third-order valence-electron chi connectivity index (χ3n) is 5.19. The van der Waals surface area contributed by atoms with Gasteiger partial charge in [-0.15, -0.1) is 10.2 Å². The highest BCUT2D eigenvalue weighted by atomic mass is 35.5. The van der Waals surface area contributed by atoms with Gasteiger partial charge in [0.2, 0.25) is 5.91 Å². The molecule has 0 aliphatic heterocycles. The molecule has 1 heterocycles. The summed E-state index contributed by atoms with van der Waals surface area (Å²) < 4.78 is 25.8. The Kier molecular flexibility index (Phi) is 9.64. The summed E-state index contributed by atoms with van der Waals surface area (Å²) in [7, 11) is 1.56. The lowest BCUT2D eigenvalue weighted by atomic mass is 10.3. The van der Waals surface area contributed by atoms with Crippen LogP contribution in [-0.2, 0) is 16.1 Å². The average Bonchev–Trinajstić information content (AvgIpc) is 3.34. The van der Waals surface area contributed by atoms with Gasteiger partial charge in [0, 0.05) is 16.4 Å². The second-order valence-corrected chi connectivity index (χ2v) is 9.70. The van der Waals surface area contributed by atoms with Crippen molar-refractivity contribution in [1.29, 1.82) is 0 Å². The summed E-state index contributed by atoms with van der Waals surface area (Å²) in [6.07, 6.45) is 0. The zero-order chi connectivity index (χ0) is 27.8. The topological polar surface area (TPSA) is 107 Å². The monoisotopic (exact) mass is 589 g/mol. The second kappa shape index (κ2) is 13.3. The summed E-state index contributed by atoms with van der Waals surface area (Å²) in [5.74, 6) is 0.305. The number of anilines is 1. The van der Waals surface area contributed by atoms with E-state index in [0.29, 0.717) is 38.9 Å². The summed E-state index contributed by atoms with van der Waals surface area (Å²) in [6, 6.07) is 17.3. The number of nitrogens with zero attached hydrogens (tertiary/aromatic N) is 3. The van der Waals surface area contributed by atoms with Gasteiger partial charge < -0.3 is 20.1 Å². The number of hydrogen-bond donors (Lipinski definition) is 2. The molecule has 4 aromatic rings. The third kappa shape index (κ3) is 7.85. The summed E-state index contributed by atoms with van der Waals surface area (Å²) in [5.41, 5.74) is 1.18. The van der Waals surface area contributed by atoms with E-state index in [1.54, 1.807) is 60.2 Å². The van der Waals surface area contributed by atoms with Crippen LogP contribution in [0.1, 0.15) is 5.82 Å². The second-order valence-electron chi connectivity index (χ2n) is 7.92. The smallest absolute Gasteiger partial charge is 0.258 e. The number of nitrogens with one attached hydrogen (secondary N) is 2. The number of carbonyl (C=O) groups excluding carboxylic acids is 2. The molecule has 3 aromatic carbocycles. The van der Waals surface area contributed by atoms with Crippen molar-refractivity contribution < 1.29 is 23.5 Å². The Morgan fingerprint density at radius 3 is 2.44 bits per heavy atom. The maximum absolute atomic E-state index is 13.6. The van der Waals surface area contributed by atoms with Crippen LogP contribution >= 0.6 is 35.0 Å². The average molecular weight is 590 g/mol. The molecular formula is C26H22Cl2FN5O4S. The Morgan fingerprint density at radius 2 is 1.74 bits per heavy atom. The zero-order valence-electron chi connectivity index (χ0n) is 20.5. The number of thioether (sulfide) groups is 1. The van der Waals surface area contributed by atoms with Crippen LogP contribution in [0.5, 0.6) is 11.5 Å². The molecule has 0 aliphatic carbocycles. The first kappa shape index (κ1) is 28.2. The van der Waals surface area contributed by atoms with Crippen LogP contribution in [0.4, 0.5) is 10.1 Å². The van der Waals surface area contributed by atoms with Crippen LogP contribution in [0.2, 0.25) is 10.0 Å². The molecule has 39 heavy (non-hydrogen) atoms. The fourth-order valence-corrected chi connectivity index (χ4v) is 4.56. The van der Waals surface area contributed by atoms with Crippen LogP contribution in [0.3, 0.4) is 0 Å². The molecule has 1 aromatic heterocycles. The van der Waals surface area contributed by atoms with Gasteiger partial charge in [-0.3, -0.25) is 14.2 Å². The molecule has 0 fully saturated rings. The fraction of sp³-hybridized carbons (Fsp3) is 0.154. The Labute approximate surface area is 237 Å². The normalized spacial score (nSPS) is 10.7. The van der Waals surface area contributed by atoms with Gasteiger partial charge in [0.05, 0.1) is 24.4 Å². The summed E-state index contributed by atoms with van der Waals surface area (Å²) in [4.78, 5) is 24.9. The van der Waals surface area contributed by atoms with Crippen molar-refractivity contribution in [3.8, 4) is 17.2 Å². The minimum Gasteiger partial charge on any atom is -0.497 e. The zero-order valence-corrected chi connectivity index (χ0v) is 22.8. The number of ether oxygens (including phenoxy) is 2. The Balaban J connectivity index is 1.41. The lowest BCUT2D eigenvalue weighted by molar-refractivity contribution is -0.123. The fourth-order valence-electron chi connectivity index (χ4n) is 3.32. The van der Waals surface area contributed by atoms with Crippen molar-refractivity contribution in [3.63, 3.8) is 0 Å². The van der Waals surface area contributed by atoms with Crippen LogP contribution in [-0.4, -0.2) is 46.0 Å². The standard InChI is InChI=1S/C26H22Cl2FN5O4S/c1-37-20-9-5-18(6-10-20)31-25(36)15-39-26-33-32-23(34(26)19-7-3-17(29)4-8-19)13-30-24(35)14-38-22-11-2-16(27)12-21(22)28/h2-12H,13-15H2,1H3,(H,30,35)(H,31,36). The minimum absolute atomic E-state index is 0.000472. The van der Waals surface area contributed by atoms with E-state index < -0.39 is 11.7 Å². The maximum Gasteiger partial charge on any atom is 0.258 e. The molecule has 0 spiro atoms. The number of benzene rings is 3. The molecule has 4 rings (SSSR count). The van der Waals surface area contributed by atoms with Crippen molar-refractivity contribution in [2.75, 3.05) is 24.8 Å². The molecule has 0 bridgehead atoms. The molecule has 0 atom stereocenters. The van der Waals surface area contributed by atoms with Gasteiger partial charge >= 0.3 is 0 Å². The van der Waals surface area contributed by atoms with Gasteiger partial charge in [-0.05, 0) is 66.7 Å². The van der Waals surface area contributed by atoms with Crippen molar-refractivity contribution >= 4 is 52.5 Å². The van der Waals surface area contributed by atoms with Crippen LogP contribution in [0.25, 0.3) is 5.69 Å². The van der Waals surface area contributed by atoms with Gasteiger partial charge in [-0.25, -0.2) is 4.39 Å². The van der Waals surface area contributed by atoms with E-state index in [1.807, 2.05) is 0 Å². The van der Waals surface area contributed by atoms with Crippen molar-refractivity contribution in [1.82, 2.24) is 20.1 Å². The van der Waals surface area contributed by atoms with Crippen molar-refractivity contribution in [2.45, 2.75) is 11.7 Å². The van der Waals surface area contributed by atoms with E-state index in [1.165, 1.54) is 18.2 Å². The van der Waals surface area contributed by atoms with Crippen molar-refractivity contribution in [3.05, 3.63) is 88.4 Å². The molecule has 0 unspecified atom stereocenters. The molecule has 13 heteroatoms. The Morgan fingerprint density at radius 1 is 1.00 bits per heavy atom. The van der Waals surface area contributed by atoms with E-state index in [2.05, 4.69) is 20.8 Å². The highest BCUT2D eigenvalue weighted by molar-refractivity contribution is 7.99. The number of rotatable bonds is 11. The molecule has 202 valence electrons. The SMILES string of the molecule is COc1ccc(NC(=O)CSc2nnc(CNC(=O)COc3ccc(Cl)cc3Cl)n2-c2ccc(F)cc2)cc1. The molecular weight excluding hydrogens is 568 g/mol. The molecule has 0 radical (unpaired) electrons. The van der Waals surface area contributed by atoms with E-state index in [9.17, 15) is 14.0 Å². The number of methoxy groups -OCH3 is 1. The first-order valence-electron chi connectivity index (χ1n) is 11.4. The van der Waals surface area contributed by atoms with Gasteiger partial charge in [0.1, 0.15) is 17.3 Å². The van der Waals surface area contributed by atoms with E-state index in [4.69, 9.17) is 32.7 Å². The predicted octanol–water partition coefficient (Wildman–Crippen LogP) is 5.15. The van der Waals surface area contributed by atoms with Gasteiger partial charge in [0.25, 0.3) is 5.91 Å². The summed E-state index contributed by atoms with van der Waals surface area (Å²) in [5, 5.41) is 15.0. The molecule has 0 saturated heterocycles. The highest BCUT2D eigenvalue weighted by Crippen LogP contribution is 2.27. The number of aromatic nitrogens is 3. The summed E-state index contributed by atoms with van der Waals surface area (Å²) in [6.45, 7) is -0.293. The van der Waals surface area contributed by atoms with Crippen molar-refractivity contribution in [2.24, 2.45) is 0 Å². The van der Waals surface area contributed by atoms with Gasteiger partial charge in [0.15, 0.2) is 17.6 Å². The number of carbonyl (C=O) groups is 2. The van der Waals surface area contributed by atoms with Gasteiger partial charge in [-0.1, -0.05) is 35.0 Å². The Hall–Kier alpha value is -3.80. The summed E-state index contributed by atoms with van der Waals surface area (Å²) >= 11 is 13.1. The molecule has 2 N–H and O–H groups in total. The van der Waals surface area contributed by atoms with E-state index >= 15 is 0 Å². The van der Waals surface area contributed by atoms with E-state index in [0.717, 1.165) is 11.8 Å². The lowest BCUT2D eigenvalue weighted by Gasteiger charge is -2.12. The number of halogens is 3. The first-order chi connectivity index (χ1) is 18.8. The molecule has 0 saturated carbocycles. The highest BCUT2D eigenvalue weighted by Gasteiger charge is 2.17. The minimum atomic E-state index is -0.428. The van der Waals surface area contributed by atoms with Crippen LogP contribution in [0, 0.1) is 5.82 Å². The maximum atomic E-state index is 13.6. The van der Waals surface area contributed by atoms with Crippen LogP contribution < -0.4 is 20.1 Å². The number of hydrogen-bond acceptors (Lipinski definition) is 7. The number of amides is 2. The Bertz CT molecular complexity index is 1450. The molecule has 2 amide bonds. The van der Waals surface area contributed by atoms with Crippen LogP contribution in [0.15, 0.2) is 71.9 Å². The lowest BCUT2D eigenvalue weighted by Crippen LogP contribution is -2.29. The van der Waals surface area contributed by atoms with E-state index in [-0.39, 0.29) is 29.8 Å². The van der Waals surface area contributed by atoms with Gasteiger partial charge in [-0.2, -0.15) is 0 Å². The largest absolute Gasteiger partial charge is 0.497 e. The molecule has 9 nitrogen and oxygen atoms in total. The predicted molar refractivity (Wildman–Crippen MR) is 147 cm³/mol.